The average molecular weight is 327 g/mol. The van der Waals surface area contributed by atoms with E-state index in [-0.39, 0.29) is 5.56 Å². The molecule has 0 bridgehead atoms. The molecule has 0 radical (unpaired) electrons. The number of nitrogens with one attached hydrogen (secondary N) is 1. The molecule has 1 aliphatic rings. The largest absolute Gasteiger partial charge is 0.364 e. The lowest BCUT2D eigenvalue weighted by atomic mass is 10.1. The van der Waals surface area contributed by atoms with Gasteiger partial charge >= 0.3 is 0 Å². The lowest BCUT2D eigenvalue weighted by Gasteiger charge is -2.40. The third kappa shape index (κ3) is 2.92. The zero-order valence-corrected chi connectivity index (χ0v) is 14.8. The molecule has 1 fully saturated rings. The predicted octanol–water partition coefficient (Wildman–Crippen LogP) is 1.33. The van der Waals surface area contributed by atoms with Crippen LogP contribution in [-0.4, -0.2) is 39.5 Å². The van der Waals surface area contributed by atoms with Crippen molar-refractivity contribution in [2.75, 3.05) is 18.0 Å². The Kier molecular flexibility index (Phi) is 4.63. The maximum atomic E-state index is 12.4. The minimum absolute atomic E-state index is 0.00240. The van der Waals surface area contributed by atoms with Gasteiger partial charge in [-0.3, -0.25) is 9.48 Å². The maximum Gasteiger partial charge on any atom is 0.252 e. The molecule has 0 aromatic carbocycles. The van der Waals surface area contributed by atoms with Crippen LogP contribution in [0.1, 0.15) is 27.2 Å². The fraction of sp³-hybridized carbons (Fsp3) is 0.556. The molecule has 2 atom stereocenters. The standard InChI is InChI=1S/C18H25N5O/c1-5-7-8-22-12-16-18(20-22)15(9-17(24)21(16)4)23-11-14(6-2)19-10-13(23)3/h9,12-14,19H,6,8,10-11H2,1-4H3/t13-,14+/m0/s1. The van der Waals surface area contributed by atoms with Crippen LogP contribution in [0.4, 0.5) is 5.69 Å². The van der Waals surface area contributed by atoms with Gasteiger partial charge in [0.05, 0.1) is 17.4 Å². The van der Waals surface area contributed by atoms with Gasteiger partial charge in [0.2, 0.25) is 0 Å². The summed E-state index contributed by atoms with van der Waals surface area (Å²) in [5.74, 6) is 5.91. The molecule has 1 N–H and O–H groups in total. The summed E-state index contributed by atoms with van der Waals surface area (Å²) >= 11 is 0. The Balaban J connectivity index is 2.12. The molecule has 2 aromatic heterocycles. The number of nitrogens with zero attached hydrogens (tertiary/aromatic N) is 4. The van der Waals surface area contributed by atoms with E-state index in [2.05, 4.69) is 35.9 Å². The molecule has 6 heteroatoms. The van der Waals surface area contributed by atoms with Crippen LogP contribution in [0.15, 0.2) is 17.1 Å². The number of aryl methyl sites for hydroxylation is 1. The van der Waals surface area contributed by atoms with Gasteiger partial charge in [-0.1, -0.05) is 12.8 Å². The second-order valence-corrected chi connectivity index (χ2v) is 6.43. The van der Waals surface area contributed by atoms with E-state index in [4.69, 9.17) is 5.10 Å². The number of rotatable bonds is 3. The highest BCUT2D eigenvalue weighted by molar-refractivity contribution is 5.88. The van der Waals surface area contributed by atoms with Gasteiger partial charge in [0.15, 0.2) is 0 Å². The van der Waals surface area contributed by atoms with Crippen molar-refractivity contribution in [3.63, 3.8) is 0 Å². The highest BCUT2D eigenvalue weighted by atomic mass is 16.1. The van der Waals surface area contributed by atoms with Crippen molar-refractivity contribution in [3.8, 4) is 11.8 Å². The smallest absolute Gasteiger partial charge is 0.252 e. The van der Waals surface area contributed by atoms with Crippen molar-refractivity contribution in [2.24, 2.45) is 7.05 Å². The summed E-state index contributed by atoms with van der Waals surface area (Å²) in [5, 5.41) is 8.26. The van der Waals surface area contributed by atoms with Crippen molar-refractivity contribution < 1.29 is 0 Å². The van der Waals surface area contributed by atoms with Crippen LogP contribution >= 0.6 is 0 Å². The fourth-order valence-corrected chi connectivity index (χ4v) is 3.24. The van der Waals surface area contributed by atoms with Crippen LogP contribution in [0.3, 0.4) is 0 Å². The van der Waals surface area contributed by atoms with E-state index < -0.39 is 0 Å². The number of fused-ring (bicyclic) bond motifs is 1. The van der Waals surface area contributed by atoms with E-state index in [9.17, 15) is 4.79 Å². The second kappa shape index (κ2) is 6.70. The maximum absolute atomic E-state index is 12.4. The summed E-state index contributed by atoms with van der Waals surface area (Å²) in [7, 11) is 1.79. The van der Waals surface area contributed by atoms with E-state index in [1.54, 1.807) is 17.7 Å². The molecule has 0 aliphatic carbocycles. The molecular weight excluding hydrogens is 302 g/mol. The third-order valence-electron chi connectivity index (χ3n) is 4.81. The quantitative estimate of drug-likeness (QED) is 0.865. The molecule has 3 heterocycles. The van der Waals surface area contributed by atoms with Crippen LogP contribution in [-0.2, 0) is 13.6 Å². The van der Waals surface area contributed by atoms with Gasteiger partial charge in [0, 0.05) is 38.3 Å². The summed E-state index contributed by atoms with van der Waals surface area (Å²) in [6.45, 7) is 8.52. The number of piperazine rings is 1. The van der Waals surface area contributed by atoms with Crippen molar-refractivity contribution >= 4 is 16.7 Å². The van der Waals surface area contributed by atoms with Gasteiger partial charge < -0.3 is 14.8 Å². The number of hydrogen-bond donors (Lipinski definition) is 1. The summed E-state index contributed by atoms with van der Waals surface area (Å²) in [6, 6.07) is 2.48. The highest BCUT2D eigenvalue weighted by Gasteiger charge is 2.27. The molecule has 2 aromatic rings. The van der Waals surface area contributed by atoms with Gasteiger partial charge in [0.25, 0.3) is 5.56 Å². The molecule has 0 saturated carbocycles. The molecular formula is C18H25N5O. The number of anilines is 1. The second-order valence-electron chi connectivity index (χ2n) is 6.43. The van der Waals surface area contributed by atoms with Crippen LogP contribution in [0.5, 0.6) is 0 Å². The first-order valence-corrected chi connectivity index (χ1v) is 8.52. The Morgan fingerprint density at radius 3 is 2.96 bits per heavy atom. The van der Waals surface area contributed by atoms with Crippen molar-refractivity contribution in [2.45, 2.75) is 45.8 Å². The summed E-state index contributed by atoms with van der Waals surface area (Å²) in [6.07, 6.45) is 2.98. The minimum Gasteiger partial charge on any atom is -0.364 e. The Morgan fingerprint density at radius 1 is 1.46 bits per heavy atom. The molecule has 3 rings (SSSR count). The molecule has 0 amide bonds. The van der Waals surface area contributed by atoms with Gasteiger partial charge in [-0.15, -0.1) is 5.92 Å². The van der Waals surface area contributed by atoms with Crippen LogP contribution in [0.25, 0.3) is 11.0 Å². The van der Waals surface area contributed by atoms with Gasteiger partial charge in [-0.25, -0.2) is 0 Å². The summed E-state index contributed by atoms with van der Waals surface area (Å²) < 4.78 is 3.47. The van der Waals surface area contributed by atoms with E-state index in [1.165, 1.54) is 0 Å². The predicted molar refractivity (Wildman–Crippen MR) is 97.3 cm³/mol. The van der Waals surface area contributed by atoms with Crippen LogP contribution in [0, 0.1) is 11.8 Å². The summed E-state index contributed by atoms with van der Waals surface area (Å²) in [5.41, 5.74) is 2.66. The third-order valence-corrected chi connectivity index (χ3v) is 4.81. The number of pyridine rings is 1. The van der Waals surface area contributed by atoms with E-state index in [0.717, 1.165) is 36.2 Å². The minimum atomic E-state index is -0.00240. The van der Waals surface area contributed by atoms with Crippen LogP contribution < -0.4 is 15.8 Å². The highest BCUT2D eigenvalue weighted by Crippen LogP contribution is 2.27. The number of hydrogen-bond acceptors (Lipinski definition) is 4. The van der Waals surface area contributed by atoms with Crippen LogP contribution in [0.2, 0.25) is 0 Å². The lowest BCUT2D eigenvalue weighted by molar-refractivity contribution is 0.398. The van der Waals surface area contributed by atoms with E-state index >= 15 is 0 Å². The molecule has 0 spiro atoms. The molecule has 1 aliphatic heterocycles. The first-order valence-electron chi connectivity index (χ1n) is 8.52. The Bertz CT molecular complexity index is 854. The fourth-order valence-electron chi connectivity index (χ4n) is 3.24. The van der Waals surface area contributed by atoms with E-state index in [0.29, 0.717) is 18.6 Å². The van der Waals surface area contributed by atoms with Gasteiger partial charge in [0.1, 0.15) is 12.1 Å². The molecule has 1 saturated heterocycles. The first kappa shape index (κ1) is 16.6. The Morgan fingerprint density at radius 2 is 2.25 bits per heavy atom. The SMILES string of the molecule is CC#CCn1cc2c(n1)c(N1C[C@@H](CC)NC[C@@H]1C)cc(=O)n2C. The van der Waals surface area contributed by atoms with Crippen molar-refractivity contribution in [1.82, 2.24) is 19.7 Å². The monoisotopic (exact) mass is 327 g/mol. The topological polar surface area (TPSA) is 55.1 Å². The normalized spacial score (nSPS) is 20.9. The Labute approximate surface area is 142 Å². The molecule has 0 unspecified atom stereocenters. The first-order chi connectivity index (χ1) is 11.5. The molecule has 6 nitrogen and oxygen atoms in total. The molecule has 128 valence electrons. The zero-order chi connectivity index (χ0) is 17.3. The van der Waals surface area contributed by atoms with Crippen molar-refractivity contribution in [1.29, 1.82) is 0 Å². The van der Waals surface area contributed by atoms with E-state index in [1.807, 2.05) is 17.8 Å². The van der Waals surface area contributed by atoms with Crippen molar-refractivity contribution in [3.05, 3.63) is 22.6 Å². The Hall–Kier alpha value is -2.26. The summed E-state index contributed by atoms with van der Waals surface area (Å²) in [4.78, 5) is 14.7. The molecule has 24 heavy (non-hydrogen) atoms. The van der Waals surface area contributed by atoms with Gasteiger partial charge in [-0.05, 0) is 20.3 Å². The zero-order valence-electron chi connectivity index (χ0n) is 14.8. The average Bonchev–Trinajstić information content (AvgIpc) is 3.01. The lowest BCUT2D eigenvalue weighted by Crippen LogP contribution is -2.55. The number of aromatic nitrogens is 3. The van der Waals surface area contributed by atoms with Gasteiger partial charge in [-0.2, -0.15) is 5.10 Å².